The van der Waals surface area contributed by atoms with Gasteiger partial charge in [0.15, 0.2) is 11.6 Å². The lowest BCUT2D eigenvalue weighted by atomic mass is 9.76. The highest BCUT2D eigenvalue weighted by atomic mass is 19.2. The Morgan fingerprint density at radius 1 is 0.892 bits per heavy atom. The molecule has 0 heterocycles. The van der Waals surface area contributed by atoms with E-state index in [1.165, 1.54) is 22.3 Å². The van der Waals surface area contributed by atoms with Crippen LogP contribution < -0.4 is 0 Å². The van der Waals surface area contributed by atoms with Gasteiger partial charge in [0, 0.05) is 5.56 Å². The number of benzene rings is 3. The first-order valence-corrected chi connectivity index (χ1v) is 13.7. The van der Waals surface area contributed by atoms with Gasteiger partial charge in [0.1, 0.15) is 0 Å². The fourth-order valence-corrected chi connectivity index (χ4v) is 5.33. The van der Waals surface area contributed by atoms with Gasteiger partial charge in [0.25, 0.3) is 0 Å². The molecular weight excluding hydrogens is 457 g/mol. The number of aryl methyl sites for hydroxylation is 3. The third kappa shape index (κ3) is 6.89. The molecule has 3 aromatic carbocycles. The Morgan fingerprint density at radius 3 is 2.08 bits per heavy atom. The van der Waals surface area contributed by atoms with Gasteiger partial charge in [-0.1, -0.05) is 98.4 Å². The van der Waals surface area contributed by atoms with Gasteiger partial charge in [0.05, 0.1) is 7.85 Å². The Hall–Kier alpha value is -2.94. The van der Waals surface area contributed by atoms with Gasteiger partial charge >= 0.3 is 0 Å². The molecule has 0 N–H and O–H groups in total. The molecule has 2 atom stereocenters. The van der Waals surface area contributed by atoms with E-state index in [1.54, 1.807) is 12.1 Å². The van der Waals surface area contributed by atoms with Crippen LogP contribution in [0.4, 0.5) is 8.78 Å². The van der Waals surface area contributed by atoms with Crippen LogP contribution in [0, 0.1) is 11.6 Å². The molecule has 2 radical (unpaired) electrons. The SMILES string of the molecule is [B][C@@H](CCC)c1ccc(C2=CCC(c3ccc(CCc4ccc(CCC=C)cc4)cc3)CC2)c(F)c1F. The lowest BCUT2D eigenvalue weighted by molar-refractivity contribution is 0.492. The summed E-state index contributed by atoms with van der Waals surface area (Å²) in [6, 6.07) is 21.2. The fourth-order valence-electron chi connectivity index (χ4n) is 5.33. The molecule has 37 heavy (non-hydrogen) atoms. The summed E-state index contributed by atoms with van der Waals surface area (Å²) in [5.41, 5.74) is 6.93. The molecule has 1 aliphatic carbocycles. The first kappa shape index (κ1) is 27.1. The quantitative estimate of drug-likeness (QED) is 0.184. The molecular formula is C34H37BF2. The second kappa shape index (κ2) is 13.0. The van der Waals surface area contributed by atoms with Crippen LogP contribution in [0.5, 0.6) is 0 Å². The molecule has 0 saturated heterocycles. The minimum atomic E-state index is -0.791. The van der Waals surface area contributed by atoms with Crippen molar-refractivity contribution in [1.82, 2.24) is 0 Å². The standard InChI is InChI=1S/C34H37BF2/c1-3-5-7-24-8-10-25(11-9-24)12-13-26-14-16-27(17-15-26)28-18-20-29(21-19-28)30-22-23-31(32(35)6-4-2)34(37)33(30)36/h3,8-11,14-17,20,22-23,28,32H,1,4-7,12-13,18-19,21H2,2H3/t28?,32-/m0/s1. The van der Waals surface area contributed by atoms with Crippen molar-refractivity contribution in [2.24, 2.45) is 0 Å². The zero-order chi connectivity index (χ0) is 26.2. The Labute approximate surface area is 222 Å². The second-order valence-corrected chi connectivity index (χ2v) is 10.3. The van der Waals surface area contributed by atoms with E-state index < -0.39 is 17.5 Å². The van der Waals surface area contributed by atoms with Crippen LogP contribution in [0.2, 0.25) is 0 Å². The third-order valence-corrected chi connectivity index (χ3v) is 7.68. The Morgan fingerprint density at radius 2 is 1.51 bits per heavy atom. The molecule has 0 nitrogen and oxygen atoms in total. The smallest absolute Gasteiger partial charge is 0.166 e. The third-order valence-electron chi connectivity index (χ3n) is 7.68. The predicted octanol–water partition coefficient (Wildman–Crippen LogP) is 9.23. The van der Waals surface area contributed by atoms with Crippen LogP contribution >= 0.6 is 0 Å². The Kier molecular flexibility index (Phi) is 9.55. The monoisotopic (exact) mass is 494 g/mol. The van der Waals surface area contributed by atoms with E-state index in [2.05, 4.69) is 61.2 Å². The first-order valence-electron chi connectivity index (χ1n) is 13.7. The highest BCUT2D eigenvalue weighted by molar-refractivity contribution is 6.12. The van der Waals surface area contributed by atoms with Gasteiger partial charge < -0.3 is 0 Å². The molecule has 190 valence electrons. The van der Waals surface area contributed by atoms with E-state index in [0.717, 1.165) is 56.9 Å². The molecule has 4 rings (SSSR count). The van der Waals surface area contributed by atoms with Crippen molar-refractivity contribution in [3.05, 3.63) is 124 Å². The van der Waals surface area contributed by atoms with E-state index >= 15 is 0 Å². The normalized spacial score (nSPS) is 16.3. The Bertz CT molecular complexity index is 1210. The lowest BCUT2D eigenvalue weighted by Crippen LogP contribution is -2.08. The summed E-state index contributed by atoms with van der Waals surface area (Å²) in [6.07, 6.45) is 12.2. The fraction of sp³-hybridized carbons (Fsp3) is 0.353. The Balaban J connectivity index is 1.34. The highest BCUT2D eigenvalue weighted by Crippen LogP contribution is 2.38. The molecule has 0 spiro atoms. The zero-order valence-electron chi connectivity index (χ0n) is 22.0. The van der Waals surface area contributed by atoms with Crippen LogP contribution in [0.25, 0.3) is 5.57 Å². The summed E-state index contributed by atoms with van der Waals surface area (Å²) in [5.74, 6) is -1.61. The van der Waals surface area contributed by atoms with Crippen LogP contribution in [-0.2, 0) is 19.3 Å². The highest BCUT2D eigenvalue weighted by Gasteiger charge is 2.22. The minimum Gasteiger partial charge on any atom is -0.203 e. The number of halogens is 2. The van der Waals surface area contributed by atoms with Gasteiger partial charge in [-0.2, -0.15) is 0 Å². The van der Waals surface area contributed by atoms with E-state index in [9.17, 15) is 8.78 Å². The molecule has 0 bridgehead atoms. The van der Waals surface area contributed by atoms with Crippen LogP contribution in [0.1, 0.15) is 90.6 Å². The molecule has 0 aromatic heterocycles. The minimum absolute atomic E-state index is 0.276. The zero-order valence-corrected chi connectivity index (χ0v) is 22.0. The summed E-state index contributed by atoms with van der Waals surface area (Å²) in [7, 11) is 6.04. The number of rotatable bonds is 11. The average molecular weight is 494 g/mol. The first-order chi connectivity index (χ1) is 18.0. The molecule has 0 aliphatic heterocycles. The van der Waals surface area contributed by atoms with Crippen molar-refractivity contribution in [2.45, 2.75) is 76.4 Å². The topological polar surface area (TPSA) is 0 Å². The summed E-state index contributed by atoms with van der Waals surface area (Å²) in [5, 5.41) is 0. The average Bonchev–Trinajstić information content (AvgIpc) is 2.93. The van der Waals surface area contributed by atoms with Gasteiger partial charge in [-0.05, 0) is 84.3 Å². The predicted molar refractivity (Wildman–Crippen MR) is 153 cm³/mol. The van der Waals surface area contributed by atoms with E-state index in [-0.39, 0.29) is 5.56 Å². The van der Waals surface area contributed by atoms with Crippen molar-refractivity contribution in [2.75, 3.05) is 0 Å². The van der Waals surface area contributed by atoms with Crippen LogP contribution in [0.3, 0.4) is 0 Å². The largest absolute Gasteiger partial charge is 0.203 e. The van der Waals surface area contributed by atoms with Crippen molar-refractivity contribution in [1.29, 1.82) is 0 Å². The maximum atomic E-state index is 14.9. The molecule has 3 aromatic rings. The molecule has 1 unspecified atom stereocenters. The maximum absolute atomic E-state index is 14.9. The summed E-state index contributed by atoms with van der Waals surface area (Å²) in [6.45, 7) is 5.78. The maximum Gasteiger partial charge on any atom is 0.166 e. The van der Waals surface area contributed by atoms with E-state index in [4.69, 9.17) is 7.85 Å². The van der Waals surface area contributed by atoms with Gasteiger partial charge in [-0.3, -0.25) is 0 Å². The van der Waals surface area contributed by atoms with Gasteiger partial charge in [-0.25, -0.2) is 8.78 Å². The van der Waals surface area contributed by atoms with Gasteiger partial charge in [-0.15, -0.1) is 6.58 Å². The van der Waals surface area contributed by atoms with Gasteiger partial charge in [0.2, 0.25) is 0 Å². The summed E-state index contributed by atoms with van der Waals surface area (Å²) in [4.78, 5) is 0. The van der Waals surface area contributed by atoms with Crippen molar-refractivity contribution >= 4 is 13.4 Å². The summed E-state index contributed by atoms with van der Waals surface area (Å²) >= 11 is 0. The molecule has 0 saturated carbocycles. The van der Waals surface area contributed by atoms with E-state index in [0.29, 0.717) is 17.9 Å². The van der Waals surface area contributed by atoms with Crippen molar-refractivity contribution in [3.8, 4) is 0 Å². The molecule has 1 aliphatic rings. The number of hydrogen-bond acceptors (Lipinski definition) is 0. The number of hydrogen-bond donors (Lipinski definition) is 0. The van der Waals surface area contributed by atoms with E-state index in [1.807, 2.05) is 13.0 Å². The second-order valence-electron chi connectivity index (χ2n) is 10.3. The molecule has 0 amide bonds. The molecule has 0 fully saturated rings. The summed E-state index contributed by atoms with van der Waals surface area (Å²) < 4.78 is 29.6. The van der Waals surface area contributed by atoms with Crippen molar-refractivity contribution < 1.29 is 8.78 Å². The van der Waals surface area contributed by atoms with Crippen LogP contribution in [-0.4, -0.2) is 7.85 Å². The van der Waals surface area contributed by atoms with Crippen molar-refractivity contribution in [3.63, 3.8) is 0 Å². The van der Waals surface area contributed by atoms with Crippen LogP contribution in [0.15, 0.2) is 79.4 Å². The molecule has 3 heteroatoms. The number of allylic oxidation sites excluding steroid dienone is 3. The lowest BCUT2D eigenvalue weighted by Gasteiger charge is -2.24.